The minimum atomic E-state index is -0.555. The molecule has 3 aromatic rings. The lowest BCUT2D eigenvalue weighted by molar-refractivity contribution is -0.0402. The number of methoxy groups -OCH3 is 1. The van der Waals surface area contributed by atoms with Crippen molar-refractivity contribution in [3.05, 3.63) is 54.6 Å². The summed E-state index contributed by atoms with van der Waals surface area (Å²) < 4.78 is 32.0. The molecular formula is C19H18FN3O3. The van der Waals surface area contributed by atoms with Crippen molar-refractivity contribution in [3.8, 4) is 28.6 Å². The summed E-state index contributed by atoms with van der Waals surface area (Å²) in [6, 6.07) is 12.0. The standard InChI is InChI=1S/C19H18FN3O3/c1-24-15-8-7-13(12-16(15)26-19-6-3-11-25-19)14-9-10-21-23(14)18-5-2-4-17(20)22-18/h2,4-5,7-10,12,19H,3,6,11H2,1H3/t19-/m0/s1. The number of nitrogens with zero attached hydrogens (tertiary/aromatic N) is 3. The minimum absolute atomic E-state index is 0.269. The lowest BCUT2D eigenvalue weighted by atomic mass is 10.1. The number of hydrogen-bond acceptors (Lipinski definition) is 5. The summed E-state index contributed by atoms with van der Waals surface area (Å²) in [5.41, 5.74) is 1.62. The van der Waals surface area contributed by atoms with E-state index >= 15 is 0 Å². The summed E-state index contributed by atoms with van der Waals surface area (Å²) in [4.78, 5) is 3.90. The van der Waals surface area contributed by atoms with Crippen LogP contribution in [0.15, 0.2) is 48.7 Å². The highest BCUT2D eigenvalue weighted by molar-refractivity contribution is 5.65. The molecule has 1 atom stereocenters. The smallest absolute Gasteiger partial charge is 0.214 e. The van der Waals surface area contributed by atoms with Crippen LogP contribution in [-0.2, 0) is 4.74 Å². The second-order valence-electron chi connectivity index (χ2n) is 5.87. The number of ether oxygens (including phenoxy) is 3. The monoisotopic (exact) mass is 355 g/mol. The van der Waals surface area contributed by atoms with Gasteiger partial charge in [-0.3, -0.25) is 0 Å². The van der Waals surface area contributed by atoms with Gasteiger partial charge in [0, 0.05) is 12.0 Å². The fourth-order valence-electron chi connectivity index (χ4n) is 2.93. The van der Waals surface area contributed by atoms with Gasteiger partial charge in [0.05, 0.1) is 25.6 Å². The van der Waals surface area contributed by atoms with Crippen molar-refractivity contribution in [1.82, 2.24) is 14.8 Å². The van der Waals surface area contributed by atoms with E-state index in [9.17, 15) is 4.39 Å². The largest absolute Gasteiger partial charge is 0.493 e. The van der Waals surface area contributed by atoms with Crippen molar-refractivity contribution in [2.75, 3.05) is 13.7 Å². The van der Waals surface area contributed by atoms with E-state index in [0.29, 0.717) is 23.9 Å². The molecule has 0 amide bonds. The number of pyridine rings is 1. The van der Waals surface area contributed by atoms with Gasteiger partial charge in [-0.05, 0) is 42.8 Å². The summed E-state index contributed by atoms with van der Waals surface area (Å²) in [6.45, 7) is 0.699. The average Bonchev–Trinajstić information content (AvgIpc) is 3.33. The Morgan fingerprint density at radius 2 is 2.12 bits per heavy atom. The van der Waals surface area contributed by atoms with Crippen LogP contribution in [0.2, 0.25) is 0 Å². The van der Waals surface area contributed by atoms with Crippen LogP contribution >= 0.6 is 0 Å². The van der Waals surface area contributed by atoms with Gasteiger partial charge in [-0.15, -0.1) is 0 Å². The molecule has 6 nitrogen and oxygen atoms in total. The molecule has 0 spiro atoms. The summed E-state index contributed by atoms with van der Waals surface area (Å²) in [5, 5.41) is 4.27. The van der Waals surface area contributed by atoms with Crippen LogP contribution < -0.4 is 9.47 Å². The molecule has 1 saturated heterocycles. The zero-order valence-electron chi connectivity index (χ0n) is 14.3. The lowest BCUT2D eigenvalue weighted by Gasteiger charge is -2.16. The average molecular weight is 355 g/mol. The van der Waals surface area contributed by atoms with Gasteiger partial charge in [-0.2, -0.15) is 9.49 Å². The fourth-order valence-corrected chi connectivity index (χ4v) is 2.93. The van der Waals surface area contributed by atoms with E-state index < -0.39 is 5.95 Å². The zero-order valence-corrected chi connectivity index (χ0v) is 14.3. The van der Waals surface area contributed by atoms with Crippen molar-refractivity contribution in [3.63, 3.8) is 0 Å². The van der Waals surface area contributed by atoms with Crippen LogP contribution in [-0.4, -0.2) is 34.8 Å². The predicted octanol–water partition coefficient (Wildman–Crippen LogP) is 3.60. The third-order valence-corrected chi connectivity index (χ3v) is 4.17. The number of benzene rings is 1. The van der Waals surface area contributed by atoms with E-state index in [1.807, 2.05) is 24.3 Å². The molecule has 1 fully saturated rings. The SMILES string of the molecule is COc1ccc(-c2ccnn2-c2cccc(F)n2)cc1O[C@H]1CCCO1. The van der Waals surface area contributed by atoms with Gasteiger partial charge in [0.25, 0.3) is 0 Å². The van der Waals surface area contributed by atoms with Gasteiger partial charge >= 0.3 is 0 Å². The quantitative estimate of drug-likeness (QED) is 0.655. The molecule has 4 rings (SSSR count). The van der Waals surface area contributed by atoms with Crippen LogP contribution in [0.1, 0.15) is 12.8 Å². The fraction of sp³-hybridized carbons (Fsp3) is 0.263. The van der Waals surface area contributed by atoms with E-state index in [-0.39, 0.29) is 6.29 Å². The normalized spacial score (nSPS) is 16.6. The second-order valence-corrected chi connectivity index (χ2v) is 5.87. The first kappa shape index (κ1) is 16.5. The number of hydrogen-bond donors (Lipinski definition) is 0. The Morgan fingerprint density at radius 1 is 1.19 bits per heavy atom. The Kier molecular flexibility index (Phi) is 4.53. The Bertz CT molecular complexity index is 907. The molecule has 1 aliphatic rings. The minimum Gasteiger partial charge on any atom is -0.493 e. The highest BCUT2D eigenvalue weighted by atomic mass is 19.1. The third-order valence-electron chi connectivity index (χ3n) is 4.17. The van der Waals surface area contributed by atoms with Crippen LogP contribution in [0.5, 0.6) is 11.5 Å². The highest BCUT2D eigenvalue weighted by Gasteiger charge is 2.20. The summed E-state index contributed by atoms with van der Waals surface area (Å²) in [7, 11) is 1.60. The first-order chi connectivity index (χ1) is 12.7. The predicted molar refractivity (Wildman–Crippen MR) is 92.9 cm³/mol. The molecule has 26 heavy (non-hydrogen) atoms. The van der Waals surface area contributed by atoms with Gasteiger partial charge in [0.1, 0.15) is 0 Å². The summed E-state index contributed by atoms with van der Waals surface area (Å²) in [6.07, 6.45) is 3.20. The maximum Gasteiger partial charge on any atom is 0.214 e. The Hall–Kier alpha value is -2.93. The molecule has 3 heterocycles. The molecule has 0 unspecified atom stereocenters. The maximum absolute atomic E-state index is 13.5. The summed E-state index contributed by atoms with van der Waals surface area (Å²) in [5.74, 6) is 1.07. The van der Waals surface area contributed by atoms with E-state index in [1.54, 1.807) is 30.1 Å². The van der Waals surface area contributed by atoms with Gasteiger partial charge in [0.2, 0.25) is 5.95 Å². The molecule has 7 heteroatoms. The van der Waals surface area contributed by atoms with Crippen molar-refractivity contribution in [2.24, 2.45) is 0 Å². The highest BCUT2D eigenvalue weighted by Crippen LogP contribution is 2.34. The van der Waals surface area contributed by atoms with Crippen molar-refractivity contribution >= 4 is 0 Å². The van der Waals surface area contributed by atoms with Gasteiger partial charge in [-0.25, -0.2) is 9.67 Å². The first-order valence-electron chi connectivity index (χ1n) is 8.38. The van der Waals surface area contributed by atoms with Gasteiger partial charge < -0.3 is 14.2 Å². The molecule has 1 aromatic carbocycles. The molecule has 1 aliphatic heterocycles. The van der Waals surface area contributed by atoms with Crippen molar-refractivity contribution in [2.45, 2.75) is 19.1 Å². The van der Waals surface area contributed by atoms with E-state index in [1.165, 1.54) is 6.07 Å². The molecule has 2 aromatic heterocycles. The first-order valence-corrected chi connectivity index (χ1v) is 8.38. The maximum atomic E-state index is 13.5. The van der Waals surface area contributed by atoms with Gasteiger partial charge in [0.15, 0.2) is 23.6 Å². The van der Waals surface area contributed by atoms with Crippen LogP contribution in [0, 0.1) is 5.95 Å². The Balaban J connectivity index is 1.71. The van der Waals surface area contributed by atoms with Crippen LogP contribution in [0.25, 0.3) is 17.1 Å². The molecule has 0 saturated carbocycles. The zero-order chi connectivity index (χ0) is 17.9. The molecular weight excluding hydrogens is 337 g/mol. The Morgan fingerprint density at radius 3 is 2.88 bits per heavy atom. The number of aromatic nitrogens is 3. The lowest BCUT2D eigenvalue weighted by Crippen LogP contribution is -2.14. The van der Waals surface area contributed by atoms with Crippen LogP contribution in [0.3, 0.4) is 0 Å². The molecule has 0 aliphatic carbocycles. The van der Waals surface area contributed by atoms with Crippen molar-refractivity contribution < 1.29 is 18.6 Å². The number of rotatable bonds is 5. The van der Waals surface area contributed by atoms with E-state index in [4.69, 9.17) is 14.2 Å². The van der Waals surface area contributed by atoms with E-state index in [2.05, 4.69) is 10.1 Å². The second kappa shape index (κ2) is 7.13. The topological polar surface area (TPSA) is 58.4 Å². The van der Waals surface area contributed by atoms with Crippen molar-refractivity contribution in [1.29, 1.82) is 0 Å². The molecule has 134 valence electrons. The number of halogens is 1. The summed E-state index contributed by atoms with van der Waals surface area (Å²) >= 11 is 0. The molecule has 0 N–H and O–H groups in total. The molecule has 0 bridgehead atoms. The third kappa shape index (κ3) is 3.25. The Labute approximate surface area is 150 Å². The van der Waals surface area contributed by atoms with Crippen LogP contribution in [0.4, 0.5) is 4.39 Å². The van der Waals surface area contributed by atoms with Gasteiger partial charge in [-0.1, -0.05) is 6.07 Å². The van der Waals surface area contributed by atoms with E-state index in [0.717, 1.165) is 24.1 Å². The molecule has 0 radical (unpaired) electrons.